The fraction of sp³-hybridized carbons (Fsp3) is 0.375. The van der Waals surface area contributed by atoms with Gasteiger partial charge in [-0.05, 0) is 55.3 Å². The van der Waals surface area contributed by atoms with E-state index in [1.807, 2.05) is 43.3 Å². The maximum absolute atomic E-state index is 12.7. The lowest BCUT2D eigenvalue weighted by atomic mass is 10.1. The van der Waals surface area contributed by atoms with E-state index in [1.165, 1.54) is 7.11 Å². The number of hydrogen-bond acceptors (Lipinski definition) is 6. The number of nitriles is 1. The van der Waals surface area contributed by atoms with Gasteiger partial charge in [-0.1, -0.05) is 12.1 Å². The first-order valence-electron chi connectivity index (χ1n) is 10.5. The second-order valence-electron chi connectivity index (χ2n) is 7.62. The first-order chi connectivity index (χ1) is 15.0. The Kier molecular flexibility index (Phi) is 7.63. The number of nitrogens with one attached hydrogen (secondary N) is 1. The number of hydrogen-bond donors (Lipinski definition) is 1. The van der Waals surface area contributed by atoms with Crippen LogP contribution in [-0.4, -0.2) is 56.1 Å². The molecule has 0 spiro atoms. The molecule has 162 valence electrons. The number of carbonyl (C=O) groups is 2. The van der Waals surface area contributed by atoms with Crippen molar-refractivity contribution in [1.82, 2.24) is 10.2 Å². The molecule has 0 bridgehead atoms. The van der Waals surface area contributed by atoms with Crippen molar-refractivity contribution in [3.05, 3.63) is 65.2 Å². The molecule has 1 amide bonds. The summed E-state index contributed by atoms with van der Waals surface area (Å²) in [6, 6.07) is 16.6. The minimum Gasteiger partial charge on any atom is -0.465 e. The van der Waals surface area contributed by atoms with Gasteiger partial charge in [-0.15, -0.1) is 0 Å². The summed E-state index contributed by atoms with van der Waals surface area (Å²) in [4.78, 5) is 28.7. The highest BCUT2D eigenvalue weighted by Crippen LogP contribution is 2.18. The highest BCUT2D eigenvalue weighted by molar-refractivity contribution is 5.89. The minimum atomic E-state index is -0.375. The first kappa shape index (κ1) is 22.3. The fourth-order valence-corrected chi connectivity index (χ4v) is 3.71. The van der Waals surface area contributed by atoms with Crippen molar-refractivity contribution >= 4 is 17.6 Å². The van der Waals surface area contributed by atoms with E-state index < -0.39 is 0 Å². The average molecular weight is 421 g/mol. The minimum absolute atomic E-state index is 0.0103. The fourth-order valence-electron chi connectivity index (χ4n) is 3.71. The van der Waals surface area contributed by atoms with Crippen molar-refractivity contribution in [1.29, 1.82) is 5.26 Å². The van der Waals surface area contributed by atoms with Crippen molar-refractivity contribution in [3.63, 3.8) is 0 Å². The summed E-state index contributed by atoms with van der Waals surface area (Å²) in [6.45, 7) is 5.75. The molecule has 1 aliphatic rings. The molecule has 1 aliphatic heterocycles. The Morgan fingerprint density at radius 3 is 2.42 bits per heavy atom. The second kappa shape index (κ2) is 10.6. The monoisotopic (exact) mass is 420 g/mol. The smallest absolute Gasteiger partial charge is 0.337 e. The molecular weight excluding hydrogens is 392 g/mol. The van der Waals surface area contributed by atoms with Crippen LogP contribution in [0.15, 0.2) is 48.5 Å². The molecule has 1 N–H and O–H groups in total. The van der Waals surface area contributed by atoms with Gasteiger partial charge in [-0.3, -0.25) is 9.69 Å². The Hall–Kier alpha value is -3.37. The molecule has 0 aromatic heterocycles. The standard InChI is InChI=1S/C24H28N4O3/c1-18(23(29)26-17-20-4-8-21(9-5-20)24(30)31-2)27-12-3-13-28(15-14-27)22-10-6-19(16-25)7-11-22/h4-11,18H,3,12-15,17H2,1-2H3,(H,26,29). The van der Waals surface area contributed by atoms with E-state index in [-0.39, 0.29) is 17.9 Å². The molecule has 2 aromatic carbocycles. The van der Waals surface area contributed by atoms with Crippen molar-refractivity contribution in [2.45, 2.75) is 25.9 Å². The maximum atomic E-state index is 12.7. The molecule has 7 nitrogen and oxygen atoms in total. The van der Waals surface area contributed by atoms with E-state index in [2.05, 4.69) is 21.2 Å². The Morgan fingerprint density at radius 1 is 1.06 bits per heavy atom. The summed E-state index contributed by atoms with van der Waals surface area (Å²) >= 11 is 0. The molecule has 0 saturated carbocycles. The molecule has 1 atom stereocenters. The van der Waals surface area contributed by atoms with Crippen LogP contribution in [0.5, 0.6) is 0 Å². The van der Waals surface area contributed by atoms with Crippen LogP contribution >= 0.6 is 0 Å². The van der Waals surface area contributed by atoms with Crippen LogP contribution in [0.1, 0.15) is 34.8 Å². The van der Waals surface area contributed by atoms with Gasteiger partial charge < -0.3 is 15.0 Å². The number of methoxy groups -OCH3 is 1. The van der Waals surface area contributed by atoms with Crippen LogP contribution in [0.25, 0.3) is 0 Å². The van der Waals surface area contributed by atoms with E-state index in [1.54, 1.807) is 12.1 Å². The highest BCUT2D eigenvalue weighted by Gasteiger charge is 2.24. The second-order valence-corrected chi connectivity index (χ2v) is 7.62. The van der Waals surface area contributed by atoms with Crippen molar-refractivity contribution in [3.8, 4) is 6.07 Å². The van der Waals surface area contributed by atoms with Gasteiger partial charge in [0.1, 0.15) is 0 Å². The molecule has 3 rings (SSSR count). The van der Waals surface area contributed by atoms with Crippen molar-refractivity contribution in [2.24, 2.45) is 0 Å². The number of ether oxygens (including phenoxy) is 1. The lowest BCUT2D eigenvalue weighted by molar-refractivity contribution is -0.126. The Bertz CT molecular complexity index is 935. The quantitative estimate of drug-likeness (QED) is 0.723. The van der Waals surface area contributed by atoms with Gasteiger partial charge in [0.25, 0.3) is 0 Å². The zero-order valence-corrected chi connectivity index (χ0v) is 18.0. The highest BCUT2D eigenvalue weighted by atomic mass is 16.5. The summed E-state index contributed by atoms with van der Waals surface area (Å²) in [5.41, 5.74) is 3.18. The third kappa shape index (κ3) is 5.83. The molecule has 31 heavy (non-hydrogen) atoms. The lowest BCUT2D eigenvalue weighted by Gasteiger charge is -2.27. The third-order valence-electron chi connectivity index (χ3n) is 5.66. The molecular formula is C24H28N4O3. The predicted molar refractivity (Wildman–Crippen MR) is 119 cm³/mol. The molecule has 1 heterocycles. The van der Waals surface area contributed by atoms with E-state index >= 15 is 0 Å². The molecule has 0 radical (unpaired) electrons. The number of carbonyl (C=O) groups excluding carboxylic acids is 2. The van der Waals surface area contributed by atoms with Gasteiger partial charge in [0, 0.05) is 38.4 Å². The predicted octanol–water partition coefficient (Wildman–Crippen LogP) is 2.56. The van der Waals surface area contributed by atoms with Crippen LogP contribution in [0.4, 0.5) is 5.69 Å². The van der Waals surface area contributed by atoms with Crippen LogP contribution in [0.3, 0.4) is 0 Å². The zero-order chi connectivity index (χ0) is 22.2. The largest absolute Gasteiger partial charge is 0.465 e. The van der Waals surface area contributed by atoms with Gasteiger partial charge in [0.15, 0.2) is 0 Å². The summed E-state index contributed by atoms with van der Waals surface area (Å²) < 4.78 is 4.70. The number of nitrogens with zero attached hydrogens (tertiary/aromatic N) is 3. The first-order valence-corrected chi connectivity index (χ1v) is 10.5. The van der Waals surface area contributed by atoms with Crippen LogP contribution in [0.2, 0.25) is 0 Å². The molecule has 2 aromatic rings. The summed E-state index contributed by atoms with van der Waals surface area (Å²) in [6.07, 6.45) is 0.965. The number of esters is 1. The molecule has 0 aliphatic carbocycles. The average Bonchev–Trinajstić information content (AvgIpc) is 3.08. The van der Waals surface area contributed by atoms with Gasteiger partial charge in [0.05, 0.1) is 30.3 Å². The van der Waals surface area contributed by atoms with Gasteiger partial charge in [-0.2, -0.15) is 5.26 Å². The number of anilines is 1. The molecule has 7 heteroatoms. The van der Waals surface area contributed by atoms with Crippen molar-refractivity contribution < 1.29 is 14.3 Å². The summed E-state index contributed by atoms with van der Waals surface area (Å²) in [7, 11) is 1.35. The Balaban J connectivity index is 1.51. The van der Waals surface area contributed by atoms with Crippen LogP contribution < -0.4 is 10.2 Å². The van der Waals surface area contributed by atoms with Gasteiger partial charge >= 0.3 is 5.97 Å². The zero-order valence-electron chi connectivity index (χ0n) is 18.0. The molecule has 1 unspecified atom stereocenters. The Labute approximate surface area is 183 Å². The van der Waals surface area contributed by atoms with Gasteiger partial charge in [-0.25, -0.2) is 4.79 Å². The maximum Gasteiger partial charge on any atom is 0.337 e. The SMILES string of the molecule is COC(=O)c1ccc(CNC(=O)C(C)N2CCCN(c3ccc(C#N)cc3)CC2)cc1. The van der Waals surface area contributed by atoms with Crippen LogP contribution in [-0.2, 0) is 16.1 Å². The Morgan fingerprint density at radius 2 is 1.77 bits per heavy atom. The number of benzene rings is 2. The molecule has 1 saturated heterocycles. The van der Waals surface area contributed by atoms with Crippen molar-refractivity contribution in [2.75, 3.05) is 38.2 Å². The van der Waals surface area contributed by atoms with Gasteiger partial charge in [0.2, 0.25) is 5.91 Å². The summed E-state index contributed by atoms with van der Waals surface area (Å²) in [5, 5.41) is 12.0. The third-order valence-corrected chi connectivity index (χ3v) is 5.66. The van der Waals surface area contributed by atoms with E-state index in [9.17, 15) is 9.59 Å². The number of rotatable bonds is 6. The van der Waals surface area contributed by atoms with E-state index in [0.717, 1.165) is 43.9 Å². The lowest BCUT2D eigenvalue weighted by Crippen LogP contribution is -2.46. The summed E-state index contributed by atoms with van der Waals surface area (Å²) in [5.74, 6) is -0.385. The van der Waals surface area contributed by atoms with Crippen LogP contribution in [0, 0.1) is 11.3 Å². The normalized spacial score (nSPS) is 15.5. The molecule has 1 fully saturated rings. The topological polar surface area (TPSA) is 85.7 Å². The van der Waals surface area contributed by atoms with E-state index in [0.29, 0.717) is 17.7 Å². The number of amides is 1. The van der Waals surface area contributed by atoms with E-state index in [4.69, 9.17) is 10.00 Å².